The van der Waals surface area contributed by atoms with Crippen LogP contribution in [0.15, 0.2) is 48.5 Å². The Kier molecular flexibility index (Phi) is 11.1. The van der Waals surface area contributed by atoms with Gasteiger partial charge in [-0.15, -0.1) is 0 Å². The summed E-state index contributed by atoms with van der Waals surface area (Å²) in [5, 5.41) is 2.93. The van der Waals surface area contributed by atoms with Gasteiger partial charge < -0.3 is 24.4 Å². The molecule has 1 N–H and O–H groups in total. The average Bonchev–Trinajstić information content (AvgIpc) is 2.85. The summed E-state index contributed by atoms with van der Waals surface area (Å²) >= 11 is 0. The number of hydrogen-bond donors (Lipinski definition) is 1. The minimum Gasteiger partial charge on any atom is -0.497 e. The third-order valence-electron chi connectivity index (χ3n) is 5.37. The minimum atomic E-state index is -0.570. The van der Waals surface area contributed by atoms with Crippen LogP contribution in [0.25, 0.3) is 0 Å². The molecule has 2 rings (SSSR count). The molecule has 0 aliphatic heterocycles. The molecule has 0 aliphatic rings. The van der Waals surface area contributed by atoms with Gasteiger partial charge in [-0.3, -0.25) is 9.59 Å². The second kappa shape index (κ2) is 14.0. The zero-order valence-corrected chi connectivity index (χ0v) is 20.1. The Morgan fingerprint density at radius 2 is 1.48 bits per heavy atom. The van der Waals surface area contributed by atoms with Crippen molar-refractivity contribution >= 4 is 11.8 Å². The molecule has 0 heterocycles. The lowest BCUT2D eigenvalue weighted by Gasteiger charge is -2.29. The van der Waals surface area contributed by atoms with E-state index in [0.29, 0.717) is 32.5 Å². The van der Waals surface area contributed by atoms with E-state index >= 15 is 0 Å². The first-order valence-electron chi connectivity index (χ1n) is 11.5. The Morgan fingerprint density at radius 1 is 0.909 bits per heavy atom. The third kappa shape index (κ3) is 8.67. The molecule has 0 aliphatic carbocycles. The SMILES string of the molecule is CCCCNC(=O)[C@H](C)N(Cc1ccc(OC)cc1)C(=O)CCCOc1ccc(OC)cc1. The molecule has 0 aromatic heterocycles. The summed E-state index contributed by atoms with van der Waals surface area (Å²) in [6, 6.07) is 14.3. The van der Waals surface area contributed by atoms with Gasteiger partial charge in [0.2, 0.25) is 11.8 Å². The van der Waals surface area contributed by atoms with Crippen LogP contribution in [0.5, 0.6) is 17.2 Å². The van der Waals surface area contributed by atoms with Crippen molar-refractivity contribution in [1.82, 2.24) is 10.2 Å². The smallest absolute Gasteiger partial charge is 0.242 e. The summed E-state index contributed by atoms with van der Waals surface area (Å²) in [4.78, 5) is 27.4. The molecule has 33 heavy (non-hydrogen) atoms. The number of methoxy groups -OCH3 is 2. The van der Waals surface area contributed by atoms with Crippen molar-refractivity contribution in [3.63, 3.8) is 0 Å². The number of rotatable bonds is 14. The van der Waals surface area contributed by atoms with Gasteiger partial charge in [-0.25, -0.2) is 0 Å². The molecule has 0 saturated carbocycles. The Labute approximate surface area is 197 Å². The summed E-state index contributed by atoms with van der Waals surface area (Å²) in [6.45, 7) is 5.22. The molecule has 180 valence electrons. The summed E-state index contributed by atoms with van der Waals surface area (Å²) in [5.74, 6) is 2.01. The van der Waals surface area contributed by atoms with Crippen molar-refractivity contribution in [2.24, 2.45) is 0 Å². The summed E-state index contributed by atoms with van der Waals surface area (Å²) in [5.41, 5.74) is 0.937. The van der Waals surface area contributed by atoms with Crippen LogP contribution >= 0.6 is 0 Å². The first kappa shape index (κ1) is 26.0. The minimum absolute atomic E-state index is 0.0812. The predicted molar refractivity (Wildman–Crippen MR) is 129 cm³/mol. The van der Waals surface area contributed by atoms with Crippen LogP contribution < -0.4 is 19.5 Å². The fraction of sp³-hybridized carbons (Fsp3) is 0.462. The topological polar surface area (TPSA) is 77.1 Å². The van der Waals surface area contributed by atoms with Crippen LogP contribution in [-0.4, -0.2) is 50.1 Å². The van der Waals surface area contributed by atoms with Crippen molar-refractivity contribution < 1.29 is 23.8 Å². The van der Waals surface area contributed by atoms with Gasteiger partial charge in [0.1, 0.15) is 23.3 Å². The van der Waals surface area contributed by atoms with Gasteiger partial charge in [0.05, 0.1) is 20.8 Å². The van der Waals surface area contributed by atoms with Gasteiger partial charge in [0.25, 0.3) is 0 Å². The van der Waals surface area contributed by atoms with Gasteiger partial charge >= 0.3 is 0 Å². The molecule has 0 bridgehead atoms. The molecule has 0 fully saturated rings. The number of benzene rings is 2. The first-order valence-corrected chi connectivity index (χ1v) is 11.5. The first-order chi connectivity index (χ1) is 16.0. The zero-order valence-electron chi connectivity index (χ0n) is 20.1. The fourth-order valence-corrected chi connectivity index (χ4v) is 3.28. The molecule has 2 aromatic carbocycles. The Balaban J connectivity index is 1.97. The number of nitrogens with zero attached hydrogens (tertiary/aromatic N) is 1. The molecular weight excluding hydrogens is 420 g/mol. The normalized spacial score (nSPS) is 11.4. The van der Waals surface area contributed by atoms with E-state index in [1.807, 2.05) is 48.5 Å². The van der Waals surface area contributed by atoms with Gasteiger partial charge in [-0.1, -0.05) is 25.5 Å². The number of amides is 2. The van der Waals surface area contributed by atoms with E-state index < -0.39 is 6.04 Å². The third-order valence-corrected chi connectivity index (χ3v) is 5.37. The highest BCUT2D eigenvalue weighted by molar-refractivity contribution is 5.87. The van der Waals surface area contributed by atoms with E-state index in [-0.39, 0.29) is 11.8 Å². The van der Waals surface area contributed by atoms with Crippen molar-refractivity contribution in [3.8, 4) is 17.2 Å². The molecule has 1 atom stereocenters. The van der Waals surface area contributed by atoms with E-state index in [9.17, 15) is 9.59 Å². The lowest BCUT2D eigenvalue weighted by Crippen LogP contribution is -2.47. The average molecular weight is 457 g/mol. The van der Waals surface area contributed by atoms with Gasteiger partial charge in [-0.05, 0) is 61.7 Å². The Bertz CT molecular complexity index is 852. The second-order valence-electron chi connectivity index (χ2n) is 7.82. The largest absolute Gasteiger partial charge is 0.497 e. The molecule has 0 radical (unpaired) electrons. The van der Waals surface area contributed by atoms with Crippen LogP contribution in [0.4, 0.5) is 0 Å². The quantitative estimate of drug-likeness (QED) is 0.431. The fourth-order valence-electron chi connectivity index (χ4n) is 3.28. The highest BCUT2D eigenvalue weighted by atomic mass is 16.5. The van der Waals surface area contributed by atoms with E-state index in [4.69, 9.17) is 14.2 Å². The molecule has 0 unspecified atom stereocenters. The standard InChI is InChI=1S/C26H36N2O5/c1-5-6-17-27-26(30)20(2)28(19-21-9-11-22(31-3)12-10-21)25(29)8-7-18-33-24-15-13-23(32-4)14-16-24/h9-16,20H,5-8,17-19H2,1-4H3,(H,27,30)/t20-/m0/s1. The summed E-state index contributed by atoms with van der Waals surface area (Å²) in [7, 11) is 3.23. The van der Waals surface area contributed by atoms with Crippen LogP contribution in [0.1, 0.15) is 45.1 Å². The maximum Gasteiger partial charge on any atom is 0.242 e. The monoisotopic (exact) mass is 456 g/mol. The number of hydrogen-bond acceptors (Lipinski definition) is 5. The Morgan fingerprint density at radius 3 is 2.06 bits per heavy atom. The van der Waals surface area contributed by atoms with E-state index in [0.717, 1.165) is 35.7 Å². The molecule has 0 spiro atoms. The predicted octanol–water partition coefficient (Wildman–Crippen LogP) is 4.20. The van der Waals surface area contributed by atoms with Crippen LogP contribution in [0, 0.1) is 0 Å². The number of unbranched alkanes of at least 4 members (excludes halogenated alkanes) is 1. The zero-order chi connectivity index (χ0) is 24.1. The van der Waals surface area contributed by atoms with E-state index in [1.165, 1.54) is 0 Å². The van der Waals surface area contributed by atoms with Crippen LogP contribution in [0.3, 0.4) is 0 Å². The summed E-state index contributed by atoms with van der Waals surface area (Å²) < 4.78 is 16.1. The van der Waals surface area contributed by atoms with E-state index in [2.05, 4.69) is 12.2 Å². The lowest BCUT2D eigenvalue weighted by atomic mass is 10.1. The molecule has 0 saturated heterocycles. The van der Waals surface area contributed by atoms with Gasteiger partial charge in [-0.2, -0.15) is 0 Å². The second-order valence-corrected chi connectivity index (χ2v) is 7.82. The van der Waals surface area contributed by atoms with Crippen molar-refractivity contribution in [2.45, 2.75) is 52.1 Å². The number of nitrogens with one attached hydrogen (secondary N) is 1. The summed E-state index contributed by atoms with van der Waals surface area (Å²) in [6.07, 6.45) is 2.75. The molecule has 7 nitrogen and oxygen atoms in total. The van der Waals surface area contributed by atoms with Crippen molar-refractivity contribution in [1.29, 1.82) is 0 Å². The van der Waals surface area contributed by atoms with Crippen molar-refractivity contribution in [3.05, 3.63) is 54.1 Å². The number of carbonyl (C=O) groups excluding carboxylic acids is 2. The molecule has 2 amide bonds. The molecule has 2 aromatic rings. The molecular formula is C26H36N2O5. The number of carbonyl (C=O) groups is 2. The van der Waals surface area contributed by atoms with Gasteiger partial charge in [0.15, 0.2) is 0 Å². The number of ether oxygens (including phenoxy) is 3. The van der Waals surface area contributed by atoms with E-state index in [1.54, 1.807) is 26.0 Å². The maximum atomic E-state index is 13.1. The van der Waals surface area contributed by atoms with Crippen molar-refractivity contribution in [2.75, 3.05) is 27.4 Å². The van der Waals surface area contributed by atoms with Crippen LogP contribution in [0.2, 0.25) is 0 Å². The highest BCUT2D eigenvalue weighted by Crippen LogP contribution is 2.18. The maximum absolute atomic E-state index is 13.1. The van der Waals surface area contributed by atoms with Gasteiger partial charge in [0, 0.05) is 19.5 Å². The highest BCUT2D eigenvalue weighted by Gasteiger charge is 2.25. The Hall–Kier alpha value is -3.22. The van der Waals surface area contributed by atoms with Crippen LogP contribution in [-0.2, 0) is 16.1 Å². The lowest BCUT2D eigenvalue weighted by molar-refractivity contribution is -0.140. The molecule has 7 heteroatoms.